The van der Waals surface area contributed by atoms with Gasteiger partial charge in [0.2, 0.25) is 0 Å². The molecule has 0 spiro atoms. The number of hydrogen-bond acceptors (Lipinski definition) is 0. The van der Waals surface area contributed by atoms with Crippen molar-refractivity contribution in [1.29, 1.82) is 0 Å². The van der Waals surface area contributed by atoms with Crippen molar-refractivity contribution in [2.75, 3.05) is 0 Å². The molecule has 0 fully saturated rings. The smallest absolute Gasteiger partial charge is 0.0237 e. The van der Waals surface area contributed by atoms with Crippen LogP contribution in [0.25, 0.3) is 0 Å². The molecule has 0 amide bonds. The Morgan fingerprint density at radius 1 is 1.00 bits per heavy atom. The molecular weight excluding hydrogens is 156 g/mol. The molecule has 68 valence electrons. The summed E-state index contributed by atoms with van der Waals surface area (Å²) in [6.07, 6.45) is 2.37. The Hall–Kier alpha value is -1.04. The average molecular weight is 172 g/mol. The highest BCUT2D eigenvalue weighted by atomic mass is 14.4. The largest absolute Gasteiger partial charge is 0.0723 e. The normalized spacial score (nSPS) is 21.2. The van der Waals surface area contributed by atoms with Gasteiger partial charge in [0.05, 0.1) is 0 Å². The van der Waals surface area contributed by atoms with Crippen LogP contribution in [-0.2, 0) is 0 Å². The van der Waals surface area contributed by atoms with Crippen molar-refractivity contribution in [3.05, 3.63) is 47.5 Å². The number of benzene rings is 1. The molecule has 1 aromatic carbocycles. The lowest BCUT2D eigenvalue weighted by Crippen LogP contribution is -2.04. The van der Waals surface area contributed by atoms with E-state index in [9.17, 15) is 0 Å². The first kappa shape index (κ1) is 8.55. The number of rotatable bonds is 1. The van der Waals surface area contributed by atoms with Gasteiger partial charge < -0.3 is 0 Å². The molecule has 0 heteroatoms. The number of allylic oxidation sites excluding steroid dienone is 2. The molecule has 0 aromatic heterocycles. The summed E-state index contributed by atoms with van der Waals surface area (Å²) in [4.78, 5) is 0. The van der Waals surface area contributed by atoms with Gasteiger partial charge in [-0.3, -0.25) is 0 Å². The van der Waals surface area contributed by atoms with Crippen LogP contribution in [0.3, 0.4) is 0 Å². The summed E-state index contributed by atoms with van der Waals surface area (Å²) in [5, 5.41) is 0. The van der Waals surface area contributed by atoms with Gasteiger partial charge in [-0.25, -0.2) is 0 Å². The second-order valence-electron chi connectivity index (χ2n) is 4.76. The highest BCUT2D eigenvalue weighted by Gasteiger charge is 2.34. The van der Waals surface area contributed by atoms with Crippen LogP contribution >= 0.6 is 0 Å². The Bertz CT molecular complexity index is 325. The second kappa shape index (κ2) is 2.73. The van der Waals surface area contributed by atoms with Crippen LogP contribution in [-0.4, -0.2) is 0 Å². The maximum atomic E-state index is 2.37. The Balaban J connectivity index is 2.12. The van der Waals surface area contributed by atoms with Crippen molar-refractivity contribution in [3.8, 4) is 0 Å². The van der Waals surface area contributed by atoms with Gasteiger partial charge in [-0.15, -0.1) is 0 Å². The van der Waals surface area contributed by atoms with Crippen LogP contribution in [0.15, 0.2) is 42.0 Å². The maximum absolute atomic E-state index is 2.37. The van der Waals surface area contributed by atoms with E-state index in [2.05, 4.69) is 57.2 Å². The lowest BCUT2D eigenvalue weighted by Gasteiger charge is -2.16. The second-order valence-corrected chi connectivity index (χ2v) is 4.76. The predicted octanol–water partition coefficient (Wildman–Crippen LogP) is 3.76. The summed E-state index contributed by atoms with van der Waals surface area (Å²) in [6.45, 7) is 6.84. The summed E-state index contributed by atoms with van der Waals surface area (Å²) in [7, 11) is 0. The third kappa shape index (κ3) is 1.67. The molecule has 0 saturated heterocycles. The van der Waals surface area contributed by atoms with Crippen molar-refractivity contribution in [2.24, 2.45) is 5.41 Å². The van der Waals surface area contributed by atoms with E-state index in [1.165, 1.54) is 5.56 Å². The predicted molar refractivity (Wildman–Crippen MR) is 56.7 cm³/mol. The van der Waals surface area contributed by atoms with E-state index >= 15 is 0 Å². The van der Waals surface area contributed by atoms with Crippen LogP contribution in [0, 0.1) is 5.41 Å². The molecule has 13 heavy (non-hydrogen) atoms. The van der Waals surface area contributed by atoms with E-state index in [0.29, 0.717) is 11.3 Å². The minimum atomic E-state index is 0.348. The Labute approximate surface area is 80.3 Å². The molecule has 0 saturated carbocycles. The third-order valence-corrected chi connectivity index (χ3v) is 2.60. The molecule has 1 aliphatic carbocycles. The minimum absolute atomic E-state index is 0.348. The van der Waals surface area contributed by atoms with E-state index in [-0.39, 0.29) is 0 Å². The van der Waals surface area contributed by atoms with Gasteiger partial charge in [0, 0.05) is 5.92 Å². The minimum Gasteiger partial charge on any atom is -0.0723 e. The quantitative estimate of drug-likeness (QED) is 0.566. The average Bonchev–Trinajstić information content (AvgIpc) is 2.83. The molecule has 0 bridgehead atoms. The van der Waals surface area contributed by atoms with Gasteiger partial charge >= 0.3 is 0 Å². The first-order valence-corrected chi connectivity index (χ1v) is 4.86. The molecular formula is C13H16. The Kier molecular flexibility index (Phi) is 1.80. The van der Waals surface area contributed by atoms with Crippen molar-refractivity contribution < 1.29 is 0 Å². The van der Waals surface area contributed by atoms with Crippen LogP contribution in [0.2, 0.25) is 0 Å². The fraction of sp³-hybridized carbons (Fsp3) is 0.385. The third-order valence-electron chi connectivity index (χ3n) is 2.60. The zero-order valence-corrected chi connectivity index (χ0v) is 8.54. The first-order chi connectivity index (χ1) is 6.09. The molecule has 1 unspecified atom stereocenters. The van der Waals surface area contributed by atoms with Crippen LogP contribution in [0.4, 0.5) is 0 Å². The van der Waals surface area contributed by atoms with E-state index in [0.717, 1.165) is 0 Å². The summed E-state index contributed by atoms with van der Waals surface area (Å²) in [5.41, 5.74) is 3.37. The molecule has 2 rings (SSSR count). The van der Waals surface area contributed by atoms with E-state index in [1.807, 2.05) is 0 Å². The molecule has 1 atom stereocenters. The fourth-order valence-electron chi connectivity index (χ4n) is 1.78. The standard InChI is InChI=1S/C13H16/c1-13(2,3)12-9-11(12)10-7-5-4-6-8-10/h4-9,11H,1-3H3. The van der Waals surface area contributed by atoms with Gasteiger partial charge in [-0.1, -0.05) is 62.8 Å². The van der Waals surface area contributed by atoms with Crippen molar-refractivity contribution in [1.82, 2.24) is 0 Å². The fourth-order valence-corrected chi connectivity index (χ4v) is 1.78. The summed E-state index contributed by atoms with van der Waals surface area (Å²) in [5.74, 6) is 0.626. The van der Waals surface area contributed by atoms with E-state index < -0.39 is 0 Å². The zero-order valence-electron chi connectivity index (χ0n) is 8.54. The number of hydrogen-bond donors (Lipinski definition) is 0. The van der Waals surface area contributed by atoms with Crippen molar-refractivity contribution in [2.45, 2.75) is 26.7 Å². The van der Waals surface area contributed by atoms with E-state index in [4.69, 9.17) is 0 Å². The molecule has 1 aromatic rings. The van der Waals surface area contributed by atoms with Crippen LogP contribution in [0.5, 0.6) is 0 Å². The Morgan fingerprint density at radius 2 is 1.62 bits per heavy atom. The summed E-state index contributed by atoms with van der Waals surface area (Å²) in [6, 6.07) is 10.7. The summed E-state index contributed by atoms with van der Waals surface area (Å²) < 4.78 is 0. The van der Waals surface area contributed by atoms with Gasteiger partial charge in [-0.05, 0) is 11.0 Å². The van der Waals surface area contributed by atoms with E-state index in [1.54, 1.807) is 5.57 Å². The molecule has 1 aliphatic rings. The molecule has 0 nitrogen and oxygen atoms in total. The maximum Gasteiger partial charge on any atom is 0.0237 e. The Morgan fingerprint density at radius 3 is 2.08 bits per heavy atom. The van der Waals surface area contributed by atoms with Gasteiger partial charge in [-0.2, -0.15) is 0 Å². The lowest BCUT2D eigenvalue weighted by atomic mass is 9.89. The SMILES string of the molecule is CC(C)(C)C1=CC1c1ccccc1. The lowest BCUT2D eigenvalue weighted by molar-refractivity contribution is 0.512. The molecule has 0 N–H and O–H groups in total. The monoisotopic (exact) mass is 172 g/mol. The van der Waals surface area contributed by atoms with Gasteiger partial charge in [0.1, 0.15) is 0 Å². The molecule has 0 radical (unpaired) electrons. The summed E-state index contributed by atoms with van der Waals surface area (Å²) >= 11 is 0. The van der Waals surface area contributed by atoms with Gasteiger partial charge in [0.25, 0.3) is 0 Å². The zero-order chi connectivity index (χ0) is 9.47. The highest BCUT2D eigenvalue weighted by Crippen LogP contribution is 2.49. The molecule has 0 aliphatic heterocycles. The molecule has 0 heterocycles. The highest BCUT2D eigenvalue weighted by molar-refractivity contribution is 5.48. The van der Waals surface area contributed by atoms with Crippen LogP contribution in [0.1, 0.15) is 32.3 Å². The van der Waals surface area contributed by atoms with Gasteiger partial charge in [0.15, 0.2) is 0 Å². The first-order valence-electron chi connectivity index (χ1n) is 4.86. The van der Waals surface area contributed by atoms with Crippen molar-refractivity contribution in [3.63, 3.8) is 0 Å². The topological polar surface area (TPSA) is 0 Å². The van der Waals surface area contributed by atoms with Crippen molar-refractivity contribution >= 4 is 0 Å². The van der Waals surface area contributed by atoms with Crippen LogP contribution < -0.4 is 0 Å².